The number of amides is 1. The maximum absolute atomic E-state index is 15.0. The molecule has 6 nitrogen and oxygen atoms in total. The van der Waals surface area contributed by atoms with Crippen LogP contribution in [0.3, 0.4) is 0 Å². The SMILES string of the molecule is CC(F)(F)c1c(C(=O)N(CC(=O)c2c(Cl)cncc2Cl)C2Cc3ccccc3C2)cnn1-c1ccccc1. The lowest BCUT2D eigenvalue weighted by Gasteiger charge is -2.29. The number of rotatable bonds is 7. The first-order valence-electron chi connectivity index (χ1n) is 11.9. The summed E-state index contributed by atoms with van der Waals surface area (Å²) in [4.78, 5) is 32.7. The summed E-state index contributed by atoms with van der Waals surface area (Å²) >= 11 is 12.4. The first-order valence-corrected chi connectivity index (χ1v) is 12.6. The zero-order chi connectivity index (χ0) is 27.0. The Kier molecular flexibility index (Phi) is 7.03. The lowest BCUT2D eigenvalue weighted by Crippen LogP contribution is -2.44. The minimum absolute atomic E-state index is 0.0256. The Bertz CT molecular complexity index is 1470. The summed E-state index contributed by atoms with van der Waals surface area (Å²) in [6, 6.07) is 15.6. The molecule has 0 fully saturated rings. The van der Waals surface area contributed by atoms with Crippen molar-refractivity contribution in [2.24, 2.45) is 0 Å². The second-order valence-electron chi connectivity index (χ2n) is 9.21. The van der Waals surface area contributed by atoms with Crippen molar-refractivity contribution in [1.82, 2.24) is 19.7 Å². The molecule has 10 heteroatoms. The molecule has 2 heterocycles. The van der Waals surface area contributed by atoms with E-state index in [0.717, 1.165) is 28.9 Å². The minimum atomic E-state index is -3.40. The predicted octanol–water partition coefficient (Wildman–Crippen LogP) is 6.18. The highest BCUT2D eigenvalue weighted by Crippen LogP contribution is 2.34. The third-order valence-corrected chi connectivity index (χ3v) is 7.17. The maximum Gasteiger partial charge on any atom is 0.287 e. The van der Waals surface area contributed by atoms with Crippen molar-refractivity contribution >= 4 is 34.9 Å². The topological polar surface area (TPSA) is 68.1 Å². The van der Waals surface area contributed by atoms with Crippen LogP contribution in [-0.4, -0.2) is 43.9 Å². The third kappa shape index (κ3) is 4.93. The molecule has 0 spiro atoms. The van der Waals surface area contributed by atoms with Crippen LogP contribution in [0.25, 0.3) is 5.69 Å². The molecule has 0 N–H and O–H groups in total. The van der Waals surface area contributed by atoms with Gasteiger partial charge in [-0.05, 0) is 36.1 Å². The summed E-state index contributed by atoms with van der Waals surface area (Å²) < 4.78 is 31.1. The second-order valence-corrected chi connectivity index (χ2v) is 10.0. The molecule has 0 saturated heterocycles. The number of aromatic nitrogens is 3. The molecule has 38 heavy (non-hydrogen) atoms. The summed E-state index contributed by atoms with van der Waals surface area (Å²) in [5, 5.41) is 4.23. The number of ketones is 1. The van der Waals surface area contributed by atoms with Crippen molar-refractivity contribution in [3.8, 4) is 5.69 Å². The van der Waals surface area contributed by atoms with Gasteiger partial charge in [0.1, 0.15) is 5.69 Å². The number of pyridine rings is 1. The lowest BCUT2D eigenvalue weighted by molar-refractivity contribution is 0.00852. The Balaban J connectivity index is 1.57. The van der Waals surface area contributed by atoms with E-state index < -0.39 is 35.9 Å². The molecule has 4 aromatic rings. The molecule has 194 valence electrons. The first-order chi connectivity index (χ1) is 18.1. The standard InChI is InChI=1S/C28H22Cl2F2N4O2/c1-28(31,32)26-21(13-34-36(26)19-9-3-2-4-10-19)27(38)35(20-11-17-7-5-6-8-18(17)12-20)16-24(37)25-22(29)14-33-15-23(25)30/h2-10,13-15,20H,11-12,16H2,1H3. The Morgan fingerprint density at radius 1 is 0.974 bits per heavy atom. The molecular weight excluding hydrogens is 533 g/mol. The van der Waals surface area contributed by atoms with Crippen molar-refractivity contribution in [2.45, 2.75) is 31.7 Å². The van der Waals surface area contributed by atoms with Crippen LogP contribution in [0.4, 0.5) is 8.78 Å². The van der Waals surface area contributed by atoms with Crippen LogP contribution in [0.5, 0.6) is 0 Å². The number of fused-ring (bicyclic) bond motifs is 1. The summed E-state index contributed by atoms with van der Waals surface area (Å²) in [7, 11) is 0. The number of alkyl halides is 2. The molecule has 0 radical (unpaired) electrons. The summed E-state index contributed by atoms with van der Waals surface area (Å²) in [6.45, 7) is 0.309. The number of hydrogen-bond acceptors (Lipinski definition) is 4. The Morgan fingerprint density at radius 3 is 2.13 bits per heavy atom. The predicted molar refractivity (Wildman–Crippen MR) is 140 cm³/mol. The van der Waals surface area contributed by atoms with E-state index in [-0.39, 0.29) is 21.2 Å². The van der Waals surface area contributed by atoms with Crippen molar-refractivity contribution in [1.29, 1.82) is 0 Å². The molecule has 1 aliphatic rings. The summed E-state index contributed by atoms with van der Waals surface area (Å²) in [5.41, 5.74) is 1.64. The van der Waals surface area contributed by atoms with Gasteiger partial charge in [-0.2, -0.15) is 13.9 Å². The van der Waals surface area contributed by atoms with Gasteiger partial charge in [-0.15, -0.1) is 0 Å². The van der Waals surface area contributed by atoms with Gasteiger partial charge in [-0.1, -0.05) is 65.7 Å². The maximum atomic E-state index is 15.0. The number of nitrogens with zero attached hydrogens (tertiary/aromatic N) is 4. The minimum Gasteiger partial charge on any atom is -0.327 e. The lowest BCUT2D eigenvalue weighted by atomic mass is 10.1. The quantitative estimate of drug-likeness (QED) is 0.256. The number of halogens is 4. The number of para-hydroxylation sites is 1. The van der Waals surface area contributed by atoms with Crippen LogP contribution < -0.4 is 0 Å². The van der Waals surface area contributed by atoms with E-state index in [1.165, 1.54) is 17.3 Å². The van der Waals surface area contributed by atoms with Gasteiger partial charge in [-0.3, -0.25) is 14.6 Å². The van der Waals surface area contributed by atoms with Gasteiger partial charge in [-0.25, -0.2) is 4.68 Å². The third-order valence-electron chi connectivity index (χ3n) is 6.59. The average Bonchev–Trinajstić information content (AvgIpc) is 3.52. The number of benzene rings is 2. The molecule has 1 aliphatic carbocycles. The van der Waals surface area contributed by atoms with Crippen LogP contribution >= 0.6 is 23.2 Å². The molecule has 0 bridgehead atoms. The van der Waals surface area contributed by atoms with Gasteiger partial charge >= 0.3 is 0 Å². The Morgan fingerprint density at radius 2 is 1.55 bits per heavy atom. The van der Waals surface area contributed by atoms with E-state index in [1.807, 2.05) is 24.3 Å². The highest BCUT2D eigenvalue weighted by Gasteiger charge is 2.40. The van der Waals surface area contributed by atoms with Crippen molar-refractivity contribution in [2.75, 3.05) is 6.54 Å². The van der Waals surface area contributed by atoms with E-state index >= 15 is 8.78 Å². The number of Topliss-reactive ketones (excluding diaryl/α,β-unsaturated/α-hetero) is 1. The molecule has 2 aromatic heterocycles. The molecule has 0 unspecified atom stereocenters. The average molecular weight is 555 g/mol. The van der Waals surface area contributed by atoms with Gasteiger partial charge in [0.15, 0.2) is 5.78 Å². The fraction of sp³-hybridized carbons (Fsp3) is 0.214. The van der Waals surface area contributed by atoms with Crippen molar-refractivity contribution < 1.29 is 18.4 Å². The second kappa shape index (κ2) is 10.3. The zero-order valence-corrected chi connectivity index (χ0v) is 21.8. The summed E-state index contributed by atoms with van der Waals surface area (Å²) in [6.07, 6.45) is 4.65. The van der Waals surface area contributed by atoms with Gasteiger partial charge in [0, 0.05) is 25.4 Å². The summed E-state index contributed by atoms with van der Waals surface area (Å²) in [5.74, 6) is -4.65. The van der Waals surface area contributed by atoms with Gasteiger partial charge in [0.2, 0.25) is 0 Å². The van der Waals surface area contributed by atoms with Crippen LogP contribution in [0.2, 0.25) is 10.0 Å². The normalized spacial score (nSPS) is 13.4. The molecular formula is C28H22Cl2F2N4O2. The van der Waals surface area contributed by atoms with Gasteiger partial charge < -0.3 is 4.90 Å². The van der Waals surface area contributed by atoms with Crippen LogP contribution in [-0.2, 0) is 18.8 Å². The smallest absolute Gasteiger partial charge is 0.287 e. The van der Waals surface area contributed by atoms with Crippen molar-refractivity contribution in [3.63, 3.8) is 0 Å². The van der Waals surface area contributed by atoms with E-state index in [9.17, 15) is 9.59 Å². The van der Waals surface area contributed by atoms with E-state index in [4.69, 9.17) is 23.2 Å². The van der Waals surface area contributed by atoms with Crippen LogP contribution in [0, 0.1) is 0 Å². The largest absolute Gasteiger partial charge is 0.327 e. The van der Waals surface area contributed by atoms with E-state index in [2.05, 4.69) is 10.1 Å². The van der Waals surface area contributed by atoms with Crippen molar-refractivity contribution in [3.05, 3.63) is 111 Å². The Labute approximate surface area is 227 Å². The van der Waals surface area contributed by atoms with Gasteiger partial charge in [0.05, 0.1) is 39.6 Å². The van der Waals surface area contributed by atoms with Gasteiger partial charge in [0.25, 0.3) is 11.8 Å². The number of carbonyl (C=O) groups is 2. The molecule has 1 amide bonds. The molecule has 0 saturated carbocycles. The Hall–Kier alpha value is -3.62. The fourth-order valence-corrected chi connectivity index (χ4v) is 5.46. The molecule has 5 rings (SSSR count). The zero-order valence-electron chi connectivity index (χ0n) is 20.2. The first kappa shape index (κ1) is 26.0. The fourth-order valence-electron chi connectivity index (χ4n) is 4.88. The van der Waals surface area contributed by atoms with E-state index in [1.54, 1.807) is 30.3 Å². The van der Waals surface area contributed by atoms with E-state index in [0.29, 0.717) is 18.5 Å². The monoisotopic (exact) mass is 554 g/mol. The highest BCUT2D eigenvalue weighted by molar-refractivity contribution is 6.39. The number of hydrogen-bond donors (Lipinski definition) is 0. The highest BCUT2D eigenvalue weighted by atomic mass is 35.5. The molecule has 0 atom stereocenters. The van der Waals surface area contributed by atoms with Crippen LogP contribution in [0.15, 0.2) is 73.2 Å². The number of carbonyl (C=O) groups excluding carboxylic acids is 2. The molecule has 2 aromatic carbocycles. The van der Waals surface area contributed by atoms with Crippen LogP contribution in [0.1, 0.15) is 44.5 Å². The molecule has 0 aliphatic heterocycles.